The van der Waals surface area contributed by atoms with Crippen LogP contribution in [0.5, 0.6) is 0 Å². The summed E-state index contributed by atoms with van der Waals surface area (Å²) in [6, 6.07) is 144. The van der Waals surface area contributed by atoms with E-state index < -0.39 is 0 Å². The zero-order chi connectivity index (χ0) is 83.4. The first-order chi connectivity index (χ1) is 62.5. The van der Waals surface area contributed by atoms with Crippen LogP contribution in [0.4, 0.5) is 0 Å². The maximum atomic E-state index is 6.44. The van der Waals surface area contributed by atoms with Crippen LogP contribution in [0.25, 0.3) is 230 Å². The quantitative estimate of drug-likeness (QED) is 0.107. The minimum absolute atomic E-state index is 0.621. The van der Waals surface area contributed by atoms with E-state index in [1.54, 1.807) is 0 Å². The normalized spacial score (nSPS) is 11.5. The van der Waals surface area contributed by atoms with Crippen molar-refractivity contribution in [2.24, 2.45) is 0 Å². The summed E-state index contributed by atoms with van der Waals surface area (Å²) in [6.45, 7) is 0. The lowest BCUT2D eigenvalue weighted by molar-refractivity contribution is 0.658. The Morgan fingerprint density at radius 3 is 0.643 bits per heavy atom. The summed E-state index contributed by atoms with van der Waals surface area (Å²) >= 11 is 0. The Balaban J connectivity index is 0.000000109. The van der Waals surface area contributed by atoms with Crippen molar-refractivity contribution in [2.45, 2.75) is 0 Å². The van der Waals surface area contributed by atoms with E-state index in [1.807, 2.05) is 212 Å². The predicted octanol–water partition coefficient (Wildman–Crippen LogP) is 27.7. The van der Waals surface area contributed by atoms with E-state index in [0.717, 1.165) is 178 Å². The van der Waals surface area contributed by atoms with Crippen molar-refractivity contribution in [1.29, 1.82) is 0 Å². The molecule has 25 aromatic rings. The second kappa shape index (κ2) is 31.6. The van der Waals surface area contributed by atoms with Gasteiger partial charge in [-0.25, -0.2) is 44.9 Å². The predicted molar refractivity (Wildman–Crippen MR) is 505 cm³/mol. The SMILES string of the molecule is c1ccc(-c2cccc(-c3nc(-c4ccccc4)nc(-c4ccc(-c5c6ccccc6n6c5oc5ccccc56)cc4)n3)c2)cc1.c1ccc(-c2nc(-c3ccccc3)nc(-c3ccc(-c4c5ccccc5n5c4oc4ccccc45)cc3)n2)cc1.c1ccc(-c2nc(-c3ccccc3)nc(-c3cccc(-c4c5ccccc5n5c4oc4ccccc45)c3)n2)cc1. The number of rotatable bonds is 13. The standard InChI is InChI=1S/C41H26N4O.2C35H22N4O/c1-3-12-27(13-4-1)31-16-11-17-32(26-31)40-43-38(29-14-5-2-6-15-29)42-39(44-40)30-24-22-28(23-25-30)37-33-18-7-8-19-34(33)45-35-20-9-10-21-36(35)46-41(37)45;1-3-12-23(13-4-1)32-36-33(24-14-5-2-6-15-24)38-34(37-32)26-17-11-16-25(22-26)31-27-18-7-8-19-28(27)39-29-20-9-10-21-30(29)40-35(31)39;1-3-11-24(12-4-1)32-36-33(25-13-5-2-6-14-25)38-34(37-32)26-21-19-23(20-22-26)31-27-15-7-8-16-28(27)39-29-17-9-10-18-30(29)40-35(31)39/h1-26H;2*1-22H. The first-order valence-corrected chi connectivity index (χ1v) is 41.7. The highest BCUT2D eigenvalue weighted by Crippen LogP contribution is 2.45. The largest absolute Gasteiger partial charge is 0.438 e. The van der Waals surface area contributed by atoms with Crippen molar-refractivity contribution >= 4 is 83.1 Å². The topological polar surface area (TPSA) is 169 Å². The van der Waals surface area contributed by atoms with Crippen LogP contribution < -0.4 is 0 Å². The van der Waals surface area contributed by atoms with E-state index in [9.17, 15) is 0 Å². The van der Waals surface area contributed by atoms with Crippen molar-refractivity contribution in [1.82, 2.24) is 58.1 Å². The summed E-state index contributed by atoms with van der Waals surface area (Å²) in [5.74, 6) is 5.73. The molecule has 0 N–H and O–H groups in total. The number of fused-ring (bicyclic) bond motifs is 15. The molecule has 0 bridgehead atoms. The first kappa shape index (κ1) is 73.7. The molecule has 16 aromatic carbocycles. The molecule has 0 spiro atoms. The van der Waals surface area contributed by atoms with Gasteiger partial charge in [-0.1, -0.05) is 358 Å². The molecule has 0 aliphatic heterocycles. The second-order valence-corrected chi connectivity index (χ2v) is 30.7. The maximum Gasteiger partial charge on any atom is 0.213 e. The number of hydrogen-bond acceptors (Lipinski definition) is 12. The minimum Gasteiger partial charge on any atom is -0.438 e. The monoisotopic (exact) mass is 1620 g/mol. The molecular weight excluding hydrogens is 1550 g/mol. The zero-order valence-corrected chi connectivity index (χ0v) is 67.5. The van der Waals surface area contributed by atoms with E-state index in [2.05, 4.69) is 226 Å². The fourth-order valence-corrected chi connectivity index (χ4v) is 17.1. The average Bonchev–Trinajstić information content (AvgIpc) is 1.57. The molecule has 15 nitrogen and oxygen atoms in total. The summed E-state index contributed by atoms with van der Waals surface area (Å²) in [7, 11) is 0. The van der Waals surface area contributed by atoms with E-state index >= 15 is 0 Å². The van der Waals surface area contributed by atoms with Gasteiger partial charge < -0.3 is 13.3 Å². The Bertz CT molecular complexity index is 8260. The molecule has 9 aromatic heterocycles. The molecule has 9 heterocycles. The molecule has 592 valence electrons. The van der Waals surface area contributed by atoms with Gasteiger partial charge in [0.2, 0.25) is 17.1 Å². The number of oxazole rings is 3. The van der Waals surface area contributed by atoms with Gasteiger partial charge in [0.25, 0.3) is 0 Å². The van der Waals surface area contributed by atoms with Crippen molar-refractivity contribution in [2.75, 3.05) is 0 Å². The third kappa shape index (κ3) is 13.5. The Kier molecular flexibility index (Phi) is 18.5. The van der Waals surface area contributed by atoms with Gasteiger partial charge in [-0.15, -0.1) is 0 Å². The molecule has 25 rings (SSSR count). The van der Waals surface area contributed by atoms with Crippen molar-refractivity contribution in [3.8, 4) is 147 Å². The summed E-state index contributed by atoms with van der Waals surface area (Å²) in [4.78, 5) is 44.2. The van der Waals surface area contributed by atoms with Crippen LogP contribution in [0.1, 0.15) is 0 Å². The van der Waals surface area contributed by atoms with Crippen LogP contribution in [0, 0.1) is 0 Å². The molecule has 0 aliphatic carbocycles. The van der Waals surface area contributed by atoms with Crippen LogP contribution in [0.3, 0.4) is 0 Å². The number of benzene rings is 16. The highest BCUT2D eigenvalue weighted by atomic mass is 16.4. The van der Waals surface area contributed by atoms with Crippen LogP contribution in [0.15, 0.2) is 438 Å². The van der Waals surface area contributed by atoms with Crippen LogP contribution >= 0.6 is 0 Å². The average molecular weight is 1620 g/mol. The third-order valence-electron chi connectivity index (χ3n) is 23.0. The lowest BCUT2D eigenvalue weighted by Gasteiger charge is -2.10. The highest BCUT2D eigenvalue weighted by Gasteiger charge is 2.26. The smallest absolute Gasteiger partial charge is 0.213 e. The Labute approximate surface area is 721 Å². The van der Waals surface area contributed by atoms with E-state index in [-0.39, 0.29) is 0 Å². The number of nitrogens with zero attached hydrogens (tertiary/aromatic N) is 12. The number of para-hydroxylation sites is 9. The molecule has 0 radical (unpaired) electrons. The summed E-state index contributed by atoms with van der Waals surface area (Å²) in [5.41, 5.74) is 28.7. The van der Waals surface area contributed by atoms with Gasteiger partial charge in [0, 0.05) is 66.2 Å². The Hall–Kier alpha value is -17.4. The Morgan fingerprint density at radius 1 is 0.143 bits per heavy atom. The van der Waals surface area contributed by atoms with E-state index in [4.69, 9.17) is 58.1 Å². The molecule has 0 atom stereocenters. The lowest BCUT2D eigenvalue weighted by Crippen LogP contribution is -2.00. The fourth-order valence-electron chi connectivity index (χ4n) is 17.1. The zero-order valence-electron chi connectivity index (χ0n) is 67.5. The molecule has 0 saturated heterocycles. The van der Waals surface area contributed by atoms with Gasteiger partial charge in [0.15, 0.2) is 69.2 Å². The van der Waals surface area contributed by atoms with Gasteiger partial charge in [-0.3, -0.25) is 13.2 Å². The molecule has 0 fully saturated rings. The second-order valence-electron chi connectivity index (χ2n) is 30.7. The van der Waals surface area contributed by atoms with Crippen LogP contribution in [0.2, 0.25) is 0 Å². The summed E-state index contributed by atoms with van der Waals surface area (Å²) < 4.78 is 25.9. The van der Waals surface area contributed by atoms with Crippen molar-refractivity contribution < 1.29 is 13.3 Å². The highest BCUT2D eigenvalue weighted by molar-refractivity contribution is 6.10. The fraction of sp³-hybridized carbons (Fsp3) is 0. The van der Waals surface area contributed by atoms with Gasteiger partial charge >= 0.3 is 0 Å². The number of aromatic nitrogens is 12. The molecule has 0 amide bonds. The van der Waals surface area contributed by atoms with Crippen molar-refractivity contribution in [3.05, 3.63) is 425 Å². The molecular formula is C111H70N12O3. The van der Waals surface area contributed by atoms with E-state index in [0.29, 0.717) is 52.4 Å². The van der Waals surface area contributed by atoms with Gasteiger partial charge in [-0.2, -0.15) is 0 Å². The van der Waals surface area contributed by atoms with Gasteiger partial charge in [-0.05, 0) is 94.5 Å². The molecule has 15 heteroatoms. The third-order valence-corrected chi connectivity index (χ3v) is 23.0. The van der Waals surface area contributed by atoms with Gasteiger partial charge in [0.05, 0.1) is 49.8 Å². The molecule has 0 saturated carbocycles. The lowest BCUT2D eigenvalue weighted by atomic mass is 10.0. The van der Waals surface area contributed by atoms with Gasteiger partial charge in [0.1, 0.15) is 0 Å². The molecule has 0 unspecified atom stereocenters. The first-order valence-electron chi connectivity index (χ1n) is 41.7. The maximum absolute atomic E-state index is 6.44. The molecule has 0 aliphatic rings. The summed E-state index contributed by atoms with van der Waals surface area (Å²) in [5, 5.41) is 3.43. The summed E-state index contributed by atoms with van der Waals surface area (Å²) in [6.07, 6.45) is 0. The van der Waals surface area contributed by atoms with Crippen molar-refractivity contribution in [3.63, 3.8) is 0 Å². The van der Waals surface area contributed by atoms with E-state index in [1.165, 1.54) is 0 Å². The number of hydrogen-bond donors (Lipinski definition) is 0. The molecule has 126 heavy (non-hydrogen) atoms. The Morgan fingerprint density at radius 2 is 0.341 bits per heavy atom. The van der Waals surface area contributed by atoms with Crippen LogP contribution in [-0.2, 0) is 0 Å². The minimum atomic E-state index is 0.621. The van der Waals surface area contributed by atoms with Crippen LogP contribution in [-0.4, -0.2) is 58.1 Å².